The molecule has 0 saturated heterocycles. The molecule has 17 heavy (non-hydrogen) atoms. The summed E-state index contributed by atoms with van der Waals surface area (Å²) in [4.78, 5) is 11.6. The lowest BCUT2D eigenvalue weighted by atomic mass is 10.1. The molecule has 84 valence electrons. The van der Waals surface area contributed by atoms with Crippen LogP contribution in [0.2, 0.25) is 0 Å². The molecule has 0 radical (unpaired) electrons. The van der Waals surface area contributed by atoms with E-state index < -0.39 is 0 Å². The first-order valence-electron chi connectivity index (χ1n) is 5.41. The quantitative estimate of drug-likeness (QED) is 0.667. The van der Waals surface area contributed by atoms with Crippen molar-refractivity contribution in [2.24, 2.45) is 0 Å². The second-order valence-electron chi connectivity index (χ2n) is 4.06. The zero-order valence-electron chi connectivity index (χ0n) is 9.44. The molecular weight excluding hydrogens is 212 g/mol. The van der Waals surface area contributed by atoms with Crippen molar-refractivity contribution in [3.05, 3.63) is 42.2 Å². The normalized spacial score (nSPS) is 10.9. The minimum atomic E-state index is 0.436. The van der Waals surface area contributed by atoms with Crippen molar-refractivity contribution < 1.29 is 0 Å². The van der Waals surface area contributed by atoms with Gasteiger partial charge in [-0.3, -0.25) is 0 Å². The Hall–Kier alpha value is -2.36. The van der Waals surface area contributed by atoms with Crippen molar-refractivity contribution in [1.82, 2.24) is 15.0 Å². The third-order valence-electron chi connectivity index (χ3n) is 2.76. The number of fused-ring (bicyclic) bond motifs is 1. The first-order chi connectivity index (χ1) is 8.24. The highest BCUT2D eigenvalue weighted by Crippen LogP contribution is 2.26. The van der Waals surface area contributed by atoms with Gasteiger partial charge in [0.1, 0.15) is 11.3 Å². The van der Waals surface area contributed by atoms with Gasteiger partial charge in [-0.15, -0.1) is 0 Å². The van der Waals surface area contributed by atoms with E-state index >= 15 is 0 Å². The van der Waals surface area contributed by atoms with Gasteiger partial charge in [0.05, 0.1) is 6.20 Å². The smallest absolute Gasteiger partial charge is 0.156 e. The Labute approximate surface area is 98.5 Å². The molecule has 2 heterocycles. The molecule has 4 heteroatoms. The number of nitrogens with zero attached hydrogens (tertiary/aromatic N) is 2. The zero-order valence-corrected chi connectivity index (χ0v) is 9.44. The largest absolute Gasteiger partial charge is 0.382 e. The standard InChI is InChI=1S/C13H12N4/c1-8-2-4-9(5-3-8)10-6-15-13-12(10)17-11(14)7-16-13/h2-7H,1H3,(H2,14,17)(H,15,16). The van der Waals surface area contributed by atoms with Crippen LogP contribution in [0.15, 0.2) is 36.7 Å². The zero-order chi connectivity index (χ0) is 11.8. The number of aromatic nitrogens is 3. The third kappa shape index (κ3) is 1.63. The second-order valence-corrected chi connectivity index (χ2v) is 4.06. The fourth-order valence-corrected chi connectivity index (χ4v) is 1.86. The molecule has 0 aliphatic carbocycles. The number of rotatable bonds is 1. The highest BCUT2D eigenvalue weighted by atomic mass is 15.0. The molecule has 0 amide bonds. The fourth-order valence-electron chi connectivity index (χ4n) is 1.86. The topological polar surface area (TPSA) is 67.6 Å². The summed E-state index contributed by atoms with van der Waals surface area (Å²) >= 11 is 0. The van der Waals surface area contributed by atoms with E-state index in [0.29, 0.717) is 5.82 Å². The molecule has 0 unspecified atom stereocenters. The third-order valence-corrected chi connectivity index (χ3v) is 2.76. The van der Waals surface area contributed by atoms with E-state index in [4.69, 9.17) is 5.73 Å². The summed E-state index contributed by atoms with van der Waals surface area (Å²) in [5, 5.41) is 0. The molecule has 0 bridgehead atoms. The lowest BCUT2D eigenvalue weighted by Gasteiger charge is -2.00. The Morgan fingerprint density at radius 1 is 1.18 bits per heavy atom. The van der Waals surface area contributed by atoms with Crippen molar-refractivity contribution >= 4 is 17.0 Å². The van der Waals surface area contributed by atoms with Gasteiger partial charge in [0.25, 0.3) is 0 Å². The van der Waals surface area contributed by atoms with Gasteiger partial charge in [0, 0.05) is 11.8 Å². The van der Waals surface area contributed by atoms with Crippen molar-refractivity contribution in [2.75, 3.05) is 5.73 Å². The van der Waals surface area contributed by atoms with Crippen molar-refractivity contribution in [3.63, 3.8) is 0 Å². The van der Waals surface area contributed by atoms with Gasteiger partial charge in [-0.05, 0) is 12.5 Å². The monoisotopic (exact) mass is 224 g/mol. The molecule has 1 aromatic carbocycles. The van der Waals surface area contributed by atoms with E-state index in [0.717, 1.165) is 22.3 Å². The fraction of sp³-hybridized carbons (Fsp3) is 0.0769. The van der Waals surface area contributed by atoms with Gasteiger partial charge >= 0.3 is 0 Å². The number of anilines is 1. The van der Waals surface area contributed by atoms with Crippen LogP contribution in [0.1, 0.15) is 5.56 Å². The average molecular weight is 224 g/mol. The van der Waals surface area contributed by atoms with E-state index in [1.807, 2.05) is 6.20 Å². The molecule has 2 aromatic heterocycles. The number of nitrogen functional groups attached to an aromatic ring is 1. The Balaban J connectivity index is 2.23. The molecule has 0 spiro atoms. The Morgan fingerprint density at radius 2 is 1.94 bits per heavy atom. The summed E-state index contributed by atoms with van der Waals surface area (Å²) < 4.78 is 0. The van der Waals surface area contributed by atoms with Gasteiger partial charge in [-0.2, -0.15) is 0 Å². The predicted octanol–water partition coefficient (Wildman–Crippen LogP) is 2.52. The summed E-state index contributed by atoms with van der Waals surface area (Å²) in [5.74, 6) is 0.436. The molecule has 0 saturated carbocycles. The molecule has 0 atom stereocenters. The van der Waals surface area contributed by atoms with Crippen molar-refractivity contribution in [2.45, 2.75) is 6.92 Å². The van der Waals surface area contributed by atoms with Crippen molar-refractivity contribution in [1.29, 1.82) is 0 Å². The number of nitrogens with one attached hydrogen (secondary N) is 1. The van der Waals surface area contributed by atoms with E-state index in [2.05, 4.69) is 46.1 Å². The lowest BCUT2D eigenvalue weighted by molar-refractivity contribution is 1.27. The first-order valence-corrected chi connectivity index (χ1v) is 5.41. The number of nitrogens with two attached hydrogens (primary N) is 1. The molecule has 3 rings (SSSR count). The van der Waals surface area contributed by atoms with Gasteiger partial charge in [-0.1, -0.05) is 29.8 Å². The van der Waals surface area contributed by atoms with Crippen LogP contribution in [0.25, 0.3) is 22.3 Å². The summed E-state index contributed by atoms with van der Waals surface area (Å²) in [6.45, 7) is 2.07. The average Bonchev–Trinajstić information content (AvgIpc) is 2.73. The Kier molecular flexibility index (Phi) is 2.08. The Bertz CT molecular complexity index is 667. The van der Waals surface area contributed by atoms with Crippen LogP contribution < -0.4 is 5.73 Å². The highest BCUT2D eigenvalue weighted by molar-refractivity contribution is 5.90. The molecule has 0 aliphatic rings. The minimum Gasteiger partial charge on any atom is -0.382 e. The van der Waals surface area contributed by atoms with Crippen LogP contribution in [0.4, 0.5) is 5.82 Å². The van der Waals surface area contributed by atoms with Crippen LogP contribution >= 0.6 is 0 Å². The number of H-pyrrole nitrogens is 1. The lowest BCUT2D eigenvalue weighted by Crippen LogP contribution is -1.91. The number of hydrogen-bond donors (Lipinski definition) is 2. The van der Waals surface area contributed by atoms with Crippen LogP contribution in [0.3, 0.4) is 0 Å². The number of aryl methyl sites for hydroxylation is 1. The van der Waals surface area contributed by atoms with Gasteiger partial charge in [-0.25, -0.2) is 9.97 Å². The summed E-state index contributed by atoms with van der Waals surface area (Å²) in [6.07, 6.45) is 3.46. The van der Waals surface area contributed by atoms with Crippen molar-refractivity contribution in [3.8, 4) is 11.1 Å². The molecule has 0 aliphatic heterocycles. The number of benzene rings is 1. The Morgan fingerprint density at radius 3 is 2.71 bits per heavy atom. The molecule has 3 N–H and O–H groups in total. The van der Waals surface area contributed by atoms with Crippen LogP contribution in [-0.4, -0.2) is 15.0 Å². The van der Waals surface area contributed by atoms with Gasteiger partial charge in [0.2, 0.25) is 0 Å². The number of aromatic amines is 1. The van der Waals surface area contributed by atoms with Gasteiger partial charge in [0.15, 0.2) is 5.65 Å². The maximum atomic E-state index is 5.67. The highest BCUT2D eigenvalue weighted by Gasteiger charge is 2.08. The SMILES string of the molecule is Cc1ccc(-c2c[nH]c3ncc(N)nc23)cc1. The predicted molar refractivity (Wildman–Crippen MR) is 68.5 cm³/mol. The van der Waals surface area contributed by atoms with E-state index in [-0.39, 0.29) is 0 Å². The summed E-state index contributed by atoms with van der Waals surface area (Å²) in [5.41, 5.74) is 10.6. The minimum absolute atomic E-state index is 0.436. The molecular formula is C13H12N4. The molecule has 3 aromatic rings. The number of hydrogen-bond acceptors (Lipinski definition) is 3. The van der Waals surface area contributed by atoms with E-state index in [1.165, 1.54) is 5.56 Å². The first kappa shape index (κ1) is 9.84. The molecule has 0 fully saturated rings. The summed E-state index contributed by atoms with van der Waals surface area (Å²) in [6, 6.07) is 8.30. The van der Waals surface area contributed by atoms with Crippen LogP contribution in [-0.2, 0) is 0 Å². The maximum Gasteiger partial charge on any atom is 0.156 e. The van der Waals surface area contributed by atoms with E-state index in [1.54, 1.807) is 6.20 Å². The second kappa shape index (κ2) is 3.59. The van der Waals surface area contributed by atoms with Crippen LogP contribution in [0.5, 0.6) is 0 Å². The van der Waals surface area contributed by atoms with Crippen LogP contribution in [0, 0.1) is 6.92 Å². The molecule has 4 nitrogen and oxygen atoms in total. The van der Waals surface area contributed by atoms with E-state index in [9.17, 15) is 0 Å². The van der Waals surface area contributed by atoms with Gasteiger partial charge < -0.3 is 10.7 Å². The maximum absolute atomic E-state index is 5.67. The summed E-state index contributed by atoms with van der Waals surface area (Å²) in [7, 11) is 0.